The molecule has 0 aliphatic carbocycles. The molecule has 0 saturated heterocycles. The molecule has 0 aliphatic heterocycles. The molecule has 0 aromatic heterocycles. The maximum atomic E-state index is 11.4. The molecule has 0 unspecified atom stereocenters. The van der Waals surface area contributed by atoms with Crippen molar-refractivity contribution in [3.05, 3.63) is 33.9 Å². The standard InChI is InChI=1S/C11H13NO4S/c1-7(2)17-8-4-5-10(12(14)15)9(6-8)11(13)16-3/h4-7H,1-3H3. The second-order valence-corrected chi connectivity index (χ2v) is 5.24. The fourth-order valence-corrected chi connectivity index (χ4v) is 2.17. The average Bonchev–Trinajstić information content (AvgIpc) is 2.26. The van der Waals surface area contributed by atoms with Gasteiger partial charge in [-0.1, -0.05) is 13.8 Å². The summed E-state index contributed by atoms with van der Waals surface area (Å²) in [7, 11) is 1.20. The van der Waals surface area contributed by atoms with Crippen LogP contribution < -0.4 is 0 Å². The number of nitrogens with zero attached hydrogens (tertiary/aromatic N) is 1. The summed E-state index contributed by atoms with van der Waals surface area (Å²) in [6, 6.07) is 4.46. The van der Waals surface area contributed by atoms with Crippen molar-refractivity contribution in [1.82, 2.24) is 0 Å². The van der Waals surface area contributed by atoms with Crippen LogP contribution in [0.25, 0.3) is 0 Å². The van der Waals surface area contributed by atoms with Crippen LogP contribution in [0.1, 0.15) is 24.2 Å². The summed E-state index contributed by atoms with van der Waals surface area (Å²) in [4.78, 5) is 22.4. The number of methoxy groups -OCH3 is 1. The lowest BCUT2D eigenvalue weighted by Gasteiger charge is -2.07. The molecule has 92 valence electrons. The van der Waals surface area contributed by atoms with E-state index in [0.29, 0.717) is 5.25 Å². The number of carbonyl (C=O) groups excluding carboxylic acids is 1. The molecule has 0 radical (unpaired) electrons. The highest BCUT2D eigenvalue weighted by atomic mass is 32.2. The minimum absolute atomic E-state index is 0.0110. The van der Waals surface area contributed by atoms with E-state index in [0.717, 1.165) is 4.90 Å². The van der Waals surface area contributed by atoms with E-state index in [1.54, 1.807) is 6.07 Å². The molecule has 0 bridgehead atoms. The number of esters is 1. The number of thioether (sulfide) groups is 1. The Morgan fingerprint density at radius 3 is 2.59 bits per heavy atom. The Morgan fingerprint density at radius 2 is 2.12 bits per heavy atom. The molecule has 17 heavy (non-hydrogen) atoms. The Hall–Kier alpha value is -1.56. The zero-order chi connectivity index (χ0) is 13.0. The third kappa shape index (κ3) is 3.45. The number of hydrogen-bond acceptors (Lipinski definition) is 5. The average molecular weight is 255 g/mol. The lowest BCUT2D eigenvalue weighted by atomic mass is 10.2. The topological polar surface area (TPSA) is 69.4 Å². The van der Waals surface area contributed by atoms with Crippen molar-refractivity contribution < 1.29 is 14.5 Å². The van der Waals surface area contributed by atoms with Gasteiger partial charge in [-0.15, -0.1) is 11.8 Å². The maximum Gasteiger partial charge on any atom is 0.344 e. The van der Waals surface area contributed by atoms with Gasteiger partial charge in [0.05, 0.1) is 12.0 Å². The molecule has 1 aromatic carbocycles. The van der Waals surface area contributed by atoms with Gasteiger partial charge in [0.15, 0.2) is 0 Å². The van der Waals surface area contributed by atoms with Crippen molar-refractivity contribution in [2.45, 2.75) is 24.0 Å². The second-order valence-electron chi connectivity index (χ2n) is 3.59. The fraction of sp³-hybridized carbons (Fsp3) is 0.364. The maximum absolute atomic E-state index is 11.4. The summed E-state index contributed by atoms with van der Waals surface area (Å²) < 4.78 is 4.53. The number of carbonyl (C=O) groups is 1. The third-order valence-corrected chi connectivity index (χ3v) is 2.94. The predicted molar refractivity (Wildman–Crippen MR) is 65.4 cm³/mol. The SMILES string of the molecule is COC(=O)c1cc(SC(C)C)ccc1[N+](=O)[O-]. The molecule has 0 spiro atoms. The van der Waals surface area contributed by atoms with E-state index in [2.05, 4.69) is 4.74 Å². The summed E-state index contributed by atoms with van der Waals surface area (Å²) in [5.41, 5.74) is -0.242. The van der Waals surface area contributed by atoms with Crippen LogP contribution in [0.15, 0.2) is 23.1 Å². The lowest BCUT2D eigenvalue weighted by molar-refractivity contribution is -0.385. The van der Waals surface area contributed by atoms with Crippen molar-refractivity contribution in [3.8, 4) is 0 Å². The van der Waals surface area contributed by atoms with Crippen molar-refractivity contribution in [3.63, 3.8) is 0 Å². The van der Waals surface area contributed by atoms with Crippen LogP contribution in [-0.2, 0) is 4.74 Å². The summed E-state index contributed by atoms with van der Waals surface area (Å²) in [6.07, 6.45) is 0. The smallest absolute Gasteiger partial charge is 0.344 e. The van der Waals surface area contributed by atoms with Gasteiger partial charge in [0.2, 0.25) is 0 Å². The van der Waals surface area contributed by atoms with E-state index < -0.39 is 10.9 Å². The van der Waals surface area contributed by atoms with Crippen molar-refractivity contribution in [1.29, 1.82) is 0 Å². The quantitative estimate of drug-likeness (QED) is 0.358. The van der Waals surface area contributed by atoms with Gasteiger partial charge in [0.25, 0.3) is 5.69 Å². The first-order valence-corrected chi connectivity index (χ1v) is 5.87. The van der Waals surface area contributed by atoms with Crippen molar-refractivity contribution in [2.75, 3.05) is 7.11 Å². The lowest BCUT2D eigenvalue weighted by Crippen LogP contribution is -2.06. The zero-order valence-corrected chi connectivity index (χ0v) is 10.6. The van der Waals surface area contributed by atoms with E-state index in [9.17, 15) is 14.9 Å². The Labute approximate surface area is 103 Å². The summed E-state index contributed by atoms with van der Waals surface area (Å²) in [5, 5.41) is 11.1. The number of hydrogen-bond donors (Lipinski definition) is 0. The van der Waals surface area contributed by atoms with E-state index in [1.807, 2.05) is 13.8 Å². The Morgan fingerprint density at radius 1 is 1.47 bits per heavy atom. The van der Waals surface area contributed by atoms with E-state index in [4.69, 9.17) is 0 Å². The largest absolute Gasteiger partial charge is 0.465 e. The molecule has 0 N–H and O–H groups in total. The summed E-state index contributed by atoms with van der Waals surface area (Å²) in [5.74, 6) is -0.692. The molecule has 6 heteroatoms. The highest BCUT2D eigenvalue weighted by Gasteiger charge is 2.21. The van der Waals surface area contributed by atoms with E-state index >= 15 is 0 Å². The monoisotopic (exact) mass is 255 g/mol. The molecule has 1 aromatic rings. The number of rotatable bonds is 4. The molecular formula is C11H13NO4S. The van der Waals surface area contributed by atoms with Crippen LogP contribution in [0.2, 0.25) is 0 Å². The van der Waals surface area contributed by atoms with Gasteiger partial charge in [-0.2, -0.15) is 0 Å². The van der Waals surface area contributed by atoms with Gasteiger partial charge < -0.3 is 4.74 Å². The van der Waals surface area contributed by atoms with Crippen LogP contribution in [0.4, 0.5) is 5.69 Å². The summed E-state index contributed by atoms with van der Waals surface area (Å²) in [6.45, 7) is 4.01. The van der Waals surface area contributed by atoms with E-state index in [1.165, 1.54) is 31.0 Å². The van der Waals surface area contributed by atoms with E-state index in [-0.39, 0.29) is 11.3 Å². The third-order valence-electron chi connectivity index (χ3n) is 1.94. The van der Waals surface area contributed by atoms with Gasteiger partial charge in [-0.25, -0.2) is 4.79 Å². The molecule has 0 heterocycles. The van der Waals surface area contributed by atoms with Crippen LogP contribution in [0, 0.1) is 10.1 Å². The Balaban J connectivity index is 3.19. The molecule has 0 saturated carbocycles. The highest BCUT2D eigenvalue weighted by molar-refractivity contribution is 7.99. The molecule has 0 atom stereocenters. The Bertz CT molecular complexity index is 445. The predicted octanol–water partition coefficient (Wildman–Crippen LogP) is 2.88. The Kier molecular flexibility index (Phi) is 4.51. The highest BCUT2D eigenvalue weighted by Crippen LogP contribution is 2.28. The van der Waals surface area contributed by atoms with Gasteiger partial charge >= 0.3 is 5.97 Å². The number of benzene rings is 1. The van der Waals surface area contributed by atoms with Crippen LogP contribution >= 0.6 is 11.8 Å². The summed E-state index contributed by atoms with van der Waals surface area (Å²) >= 11 is 1.53. The molecule has 5 nitrogen and oxygen atoms in total. The molecule has 1 rings (SSSR count). The normalized spacial score (nSPS) is 10.4. The fourth-order valence-electron chi connectivity index (χ4n) is 1.29. The molecule has 0 aliphatic rings. The number of ether oxygens (including phenoxy) is 1. The van der Waals surface area contributed by atoms with Gasteiger partial charge in [-0.3, -0.25) is 10.1 Å². The number of nitro benzene ring substituents is 1. The van der Waals surface area contributed by atoms with Gasteiger partial charge in [0.1, 0.15) is 5.56 Å². The second kappa shape index (κ2) is 5.67. The molecule has 0 fully saturated rings. The van der Waals surface area contributed by atoms with Crippen LogP contribution in [-0.4, -0.2) is 23.3 Å². The first-order chi connectivity index (χ1) is 7.95. The van der Waals surface area contributed by atoms with Gasteiger partial charge in [-0.05, 0) is 12.1 Å². The first-order valence-electron chi connectivity index (χ1n) is 4.99. The first kappa shape index (κ1) is 13.5. The van der Waals surface area contributed by atoms with Crippen molar-refractivity contribution >= 4 is 23.4 Å². The minimum atomic E-state index is -0.692. The zero-order valence-electron chi connectivity index (χ0n) is 9.80. The number of nitro groups is 1. The minimum Gasteiger partial charge on any atom is -0.465 e. The molecular weight excluding hydrogens is 242 g/mol. The molecule has 0 amide bonds. The van der Waals surface area contributed by atoms with Crippen LogP contribution in [0.3, 0.4) is 0 Å². The van der Waals surface area contributed by atoms with Crippen LogP contribution in [0.5, 0.6) is 0 Å². The van der Waals surface area contributed by atoms with Gasteiger partial charge in [0, 0.05) is 16.2 Å². The van der Waals surface area contributed by atoms with Crippen molar-refractivity contribution in [2.24, 2.45) is 0 Å².